The Hall–Kier alpha value is -0.900. The third kappa shape index (κ3) is 3.46. The average Bonchev–Trinajstić information content (AvgIpc) is 2.21. The summed E-state index contributed by atoms with van der Waals surface area (Å²) < 4.78 is 5.01. The van der Waals surface area contributed by atoms with Crippen molar-refractivity contribution in [1.82, 2.24) is 0 Å². The molecule has 0 spiro atoms. The van der Waals surface area contributed by atoms with Crippen LogP contribution in [0.5, 0.6) is 0 Å². The van der Waals surface area contributed by atoms with Gasteiger partial charge in [0.05, 0.1) is 13.2 Å². The Bertz CT molecular complexity index is 258. The average molecular weight is 195 g/mol. The van der Waals surface area contributed by atoms with Crippen LogP contribution in [0.3, 0.4) is 0 Å². The summed E-state index contributed by atoms with van der Waals surface area (Å²) in [6.07, 6.45) is 0.712. The Morgan fingerprint density at radius 1 is 1.29 bits per heavy atom. The molecule has 0 amide bonds. The molecule has 1 rings (SSSR count). The van der Waals surface area contributed by atoms with Crippen LogP contribution < -0.4 is 5.73 Å². The highest BCUT2D eigenvalue weighted by molar-refractivity contribution is 5.22. The molecule has 1 aromatic carbocycles. The summed E-state index contributed by atoms with van der Waals surface area (Å²) in [7, 11) is 1.68. The van der Waals surface area contributed by atoms with Crippen molar-refractivity contribution >= 4 is 0 Å². The van der Waals surface area contributed by atoms with Gasteiger partial charge >= 0.3 is 0 Å². The van der Waals surface area contributed by atoms with Gasteiger partial charge in [-0.05, 0) is 17.5 Å². The van der Waals surface area contributed by atoms with E-state index in [-0.39, 0.29) is 12.6 Å². The minimum atomic E-state index is -0.164. The smallest absolute Gasteiger partial charge is 0.0713 e. The summed E-state index contributed by atoms with van der Waals surface area (Å²) in [5.41, 5.74) is 7.92. The van der Waals surface area contributed by atoms with Crippen molar-refractivity contribution in [3.63, 3.8) is 0 Å². The number of aliphatic hydroxyl groups is 1. The molecule has 0 radical (unpaired) electrons. The summed E-state index contributed by atoms with van der Waals surface area (Å²) in [4.78, 5) is 0. The summed E-state index contributed by atoms with van der Waals surface area (Å²) >= 11 is 0. The Labute approximate surface area is 84.5 Å². The van der Waals surface area contributed by atoms with Crippen LogP contribution in [0.15, 0.2) is 24.3 Å². The number of benzene rings is 1. The van der Waals surface area contributed by atoms with Gasteiger partial charge in [0.1, 0.15) is 0 Å². The summed E-state index contributed by atoms with van der Waals surface area (Å²) in [5.74, 6) is 0. The highest BCUT2D eigenvalue weighted by Gasteiger charge is 2.01. The maximum Gasteiger partial charge on any atom is 0.0713 e. The molecule has 0 unspecified atom stereocenters. The molecule has 0 saturated heterocycles. The third-order valence-electron chi connectivity index (χ3n) is 2.07. The molecule has 14 heavy (non-hydrogen) atoms. The van der Waals surface area contributed by atoms with Crippen LogP contribution in [0, 0.1) is 0 Å². The van der Waals surface area contributed by atoms with Crippen LogP contribution in [-0.2, 0) is 17.8 Å². The van der Waals surface area contributed by atoms with E-state index in [0.29, 0.717) is 13.0 Å². The van der Waals surface area contributed by atoms with E-state index in [9.17, 15) is 0 Å². The van der Waals surface area contributed by atoms with E-state index in [1.165, 1.54) is 0 Å². The van der Waals surface area contributed by atoms with E-state index in [4.69, 9.17) is 15.6 Å². The van der Waals surface area contributed by atoms with Gasteiger partial charge in [0.15, 0.2) is 0 Å². The molecule has 0 aromatic heterocycles. The molecule has 0 saturated carbocycles. The number of rotatable bonds is 5. The molecule has 1 aromatic rings. The molecule has 0 heterocycles. The van der Waals surface area contributed by atoms with Crippen molar-refractivity contribution in [2.45, 2.75) is 19.1 Å². The first-order chi connectivity index (χ1) is 6.76. The lowest BCUT2D eigenvalue weighted by Gasteiger charge is -2.08. The molecule has 3 N–H and O–H groups in total. The molecule has 0 aliphatic carbocycles. The maximum absolute atomic E-state index is 8.79. The second-order valence-corrected chi connectivity index (χ2v) is 3.40. The highest BCUT2D eigenvalue weighted by Crippen LogP contribution is 2.07. The first-order valence-corrected chi connectivity index (χ1v) is 4.69. The van der Waals surface area contributed by atoms with Gasteiger partial charge in [-0.2, -0.15) is 0 Å². The Kier molecular flexibility index (Phi) is 4.59. The second-order valence-electron chi connectivity index (χ2n) is 3.40. The van der Waals surface area contributed by atoms with E-state index in [2.05, 4.69) is 0 Å². The van der Waals surface area contributed by atoms with Crippen molar-refractivity contribution in [3.8, 4) is 0 Å². The van der Waals surface area contributed by atoms with Crippen LogP contribution in [0.1, 0.15) is 11.1 Å². The monoisotopic (exact) mass is 195 g/mol. The minimum absolute atomic E-state index is 0.0276. The lowest BCUT2D eigenvalue weighted by molar-refractivity contribution is 0.185. The molecule has 78 valence electrons. The molecule has 1 atom stereocenters. The van der Waals surface area contributed by atoms with Gasteiger partial charge < -0.3 is 15.6 Å². The molecule has 0 aliphatic heterocycles. The SMILES string of the molecule is COCc1ccc(C[C@@H](N)CO)cc1. The van der Waals surface area contributed by atoms with Crippen molar-refractivity contribution < 1.29 is 9.84 Å². The second kappa shape index (κ2) is 5.75. The molecule has 0 bridgehead atoms. The fraction of sp³-hybridized carbons (Fsp3) is 0.455. The van der Waals surface area contributed by atoms with Crippen molar-refractivity contribution in [3.05, 3.63) is 35.4 Å². The summed E-state index contributed by atoms with van der Waals surface area (Å²) in [6.45, 7) is 0.659. The lowest BCUT2D eigenvalue weighted by Crippen LogP contribution is -2.26. The highest BCUT2D eigenvalue weighted by atomic mass is 16.5. The van der Waals surface area contributed by atoms with E-state index >= 15 is 0 Å². The standard InChI is InChI=1S/C11H17NO2/c1-14-8-10-4-2-9(3-5-10)6-11(12)7-13/h2-5,11,13H,6-8,12H2,1H3/t11-/m1/s1. The van der Waals surface area contributed by atoms with Crippen molar-refractivity contribution in [1.29, 1.82) is 0 Å². The van der Waals surface area contributed by atoms with Gasteiger partial charge in [0.2, 0.25) is 0 Å². The zero-order valence-corrected chi connectivity index (χ0v) is 8.44. The van der Waals surface area contributed by atoms with Crippen LogP contribution in [0.2, 0.25) is 0 Å². The van der Waals surface area contributed by atoms with Gasteiger partial charge in [-0.3, -0.25) is 0 Å². The predicted molar refractivity (Wildman–Crippen MR) is 55.9 cm³/mol. The zero-order chi connectivity index (χ0) is 10.4. The topological polar surface area (TPSA) is 55.5 Å². The fourth-order valence-electron chi connectivity index (χ4n) is 1.31. The summed E-state index contributed by atoms with van der Waals surface area (Å²) in [6, 6.07) is 7.91. The quantitative estimate of drug-likeness (QED) is 0.727. The first kappa shape index (κ1) is 11.2. The largest absolute Gasteiger partial charge is 0.395 e. The van der Waals surface area contributed by atoms with E-state index in [0.717, 1.165) is 11.1 Å². The molecule has 0 fully saturated rings. The van der Waals surface area contributed by atoms with Gasteiger partial charge in [-0.15, -0.1) is 0 Å². The van der Waals surface area contributed by atoms with E-state index < -0.39 is 0 Å². The van der Waals surface area contributed by atoms with Crippen LogP contribution in [-0.4, -0.2) is 24.9 Å². The van der Waals surface area contributed by atoms with Gasteiger partial charge in [-0.1, -0.05) is 24.3 Å². The third-order valence-corrected chi connectivity index (χ3v) is 2.07. The minimum Gasteiger partial charge on any atom is -0.395 e. The zero-order valence-electron chi connectivity index (χ0n) is 8.44. The molecule has 3 nitrogen and oxygen atoms in total. The van der Waals surface area contributed by atoms with Gasteiger partial charge in [0, 0.05) is 13.2 Å². The van der Waals surface area contributed by atoms with Crippen LogP contribution in [0.4, 0.5) is 0 Å². The first-order valence-electron chi connectivity index (χ1n) is 4.69. The summed E-state index contributed by atoms with van der Waals surface area (Å²) in [5, 5.41) is 8.79. The van der Waals surface area contributed by atoms with Crippen LogP contribution in [0.25, 0.3) is 0 Å². The Morgan fingerprint density at radius 2 is 1.86 bits per heavy atom. The van der Waals surface area contributed by atoms with Crippen molar-refractivity contribution in [2.75, 3.05) is 13.7 Å². The van der Waals surface area contributed by atoms with Crippen LogP contribution >= 0.6 is 0 Å². The van der Waals surface area contributed by atoms with Gasteiger partial charge in [0.25, 0.3) is 0 Å². The molecule has 3 heteroatoms. The normalized spacial score (nSPS) is 12.8. The number of hydrogen-bond acceptors (Lipinski definition) is 3. The Balaban J connectivity index is 2.54. The molecular weight excluding hydrogens is 178 g/mol. The lowest BCUT2D eigenvalue weighted by atomic mass is 10.1. The van der Waals surface area contributed by atoms with E-state index in [1.54, 1.807) is 7.11 Å². The molecular formula is C11H17NO2. The molecule has 0 aliphatic rings. The number of nitrogens with two attached hydrogens (primary N) is 1. The van der Waals surface area contributed by atoms with E-state index in [1.807, 2.05) is 24.3 Å². The Morgan fingerprint density at radius 3 is 2.36 bits per heavy atom. The fourth-order valence-corrected chi connectivity index (χ4v) is 1.31. The number of ether oxygens (including phenoxy) is 1. The number of methoxy groups -OCH3 is 1. The van der Waals surface area contributed by atoms with Gasteiger partial charge in [-0.25, -0.2) is 0 Å². The predicted octanol–water partition coefficient (Wildman–Crippen LogP) is 0.695. The maximum atomic E-state index is 8.79. The number of aliphatic hydroxyl groups excluding tert-OH is 1. The number of hydrogen-bond donors (Lipinski definition) is 2. The van der Waals surface area contributed by atoms with Crippen molar-refractivity contribution in [2.24, 2.45) is 5.73 Å².